The largest absolute Gasteiger partial charge is 0.352 e. The monoisotopic (exact) mass is 307 g/mol. The maximum absolute atomic E-state index is 12.7. The molecular weight excluding hydrogens is 286 g/mol. The average molecular weight is 307 g/mol. The van der Waals surface area contributed by atoms with E-state index < -0.39 is 0 Å². The molecule has 1 aromatic heterocycles. The Morgan fingerprint density at radius 1 is 1.17 bits per heavy atom. The number of benzene rings is 1. The van der Waals surface area contributed by atoms with Crippen LogP contribution < -0.4 is 5.32 Å². The summed E-state index contributed by atoms with van der Waals surface area (Å²) in [5, 5.41) is 10.5. The van der Waals surface area contributed by atoms with Crippen LogP contribution in [0.2, 0.25) is 0 Å². The van der Waals surface area contributed by atoms with E-state index in [1.165, 1.54) is 28.8 Å². The molecule has 0 aliphatic heterocycles. The lowest BCUT2D eigenvalue weighted by atomic mass is 9.87. The summed E-state index contributed by atoms with van der Waals surface area (Å²) in [4.78, 5) is 12.7. The summed E-state index contributed by atoms with van der Waals surface area (Å²) < 4.78 is 0. The van der Waals surface area contributed by atoms with Crippen molar-refractivity contribution in [2.24, 2.45) is 11.8 Å². The van der Waals surface area contributed by atoms with Crippen molar-refractivity contribution in [2.75, 3.05) is 0 Å². The molecule has 5 rings (SSSR count). The van der Waals surface area contributed by atoms with Crippen LogP contribution in [0.1, 0.15) is 41.1 Å². The maximum Gasteiger partial charge on any atom is 0.223 e. The van der Waals surface area contributed by atoms with Gasteiger partial charge in [-0.25, -0.2) is 0 Å². The van der Waals surface area contributed by atoms with Gasteiger partial charge in [0.1, 0.15) is 0 Å². The van der Waals surface area contributed by atoms with E-state index in [4.69, 9.17) is 0 Å². The molecule has 4 heteroatoms. The van der Waals surface area contributed by atoms with Gasteiger partial charge in [-0.3, -0.25) is 9.89 Å². The molecule has 0 saturated heterocycles. The molecule has 4 atom stereocenters. The van der Waals surface area contributed by atoms with Gasteiger partial charge in [0.2, 0.25) is 5.91 Å². The highest BCUT2D eigenvalue weighted by molar-refractivity contribution is 5.80. The van der Waals surface area contributed by atoms with Gasteiger partial charge in [-0.05, 0) is 54.7 Å². The van der Waals surface area contributed by atoms with Crippen molar-refractivity contribution in [3.8, 4) is 0 Å². The fraction of sp³-hybridized carbons (Fsp3) is 0.474. The molecule has 0 spiro atoms. The van der Waals surface area contributed by atoms with Gasteiger partial charge in [0.15, 0.2) is 0 Å². The molecule has 4 nitrogen and oxygen atoms in total. The van der Waals surface area contributed by atoms with Crippen molar-refractivity contribution in [3.63, 3.8) is 0 Å². The van der Waals surface area contributed by atoms with E-state index >= 15 is 0 Å². The van der Waals surface area contributed by atoms with E-state index in [1.54, 1.807) is 0 Å². The minimum atomic E-state index is 0.109. The van der Waals surface area contributed by atoms with Crippen molar-refractivity contribution < 1.29 is 4.79 Å². The Morgan fingerprint density at radius 2 is 2.09 bits per heavy atom. The number of hydrogen-bond donors (Lipinski definition) is 2. The first kappa shape index (κ1) is 13.3. The topological polar surface area (TPSA) is 57.8 Å². The third-order valence-electron chi connectivity index (χ3n) is 6.03. The number of nitrogens with one attached hydrogen (secondary N) is 2. The first-order valence-electron chi connectivity index (χ1n) is 8.70. The Labute approximate surface area is 135 Å². The Balaban J connectivity index is 1.28. The zero-order chi connectivity index (χ0) is 15.4. The summed E-state index contributed by atoms with van der Waals surface area (Å²) in [5.74, 6) is 1.56. The quantitative estimate of drug-likeness (QED) is 0.895. The van der Waals surface area contributed by atoms with Crippen LogP contribution in [0, 0.1) is 11.8 Å². The summed E-state index contributed by atoms with van der Waals surface area (Å²) in [6.07, 6.45) is 6.94. The van der Waals surface area contributed by atoms with Gasteiger partial charge < -0.3 is 5.32 Å². The molecule has 2 aromatic rings. The molecule has 118 valence electrons. The van der Waals surface area contributed by atoms with Crippen molar-refractivity contribution in [1.82, 2.24) is 15.5 Å². The van der Waals surface area contributed by atoms with Crippen LogP contribution in [-0.4, -0.2) is 22.1 Å². The molecule has 1 heterocycles. The van der Waals surface area contributed by atoms with Crippen LogP contribution in [0.25, 0.3) is 0 Å². The number of aromatic amines is 1. The Kier molecular flexibility index (Phi) is 2.87. The summed E-state index contributed by atoms with van der Waals surface area (Å²) in [6.45, 7) is 0. The number of amides is 1. The fourth-order valence-corrected chi connectivity index (χ4v) is 4.69. The van der Waals surface area contributed by atoms with Gasteiger partial charge in [0.05, 0.1) is 6.20 Å². The minimum absolute atomic E-state index is 0.109. The summed E-state index contributed by atoms with van der Waals surface area (Å²) >= 11 is 0. The van der Waals surface area contributed by atoms with Crippen molar-refractivity contribution in [3.05, 3.63) is 52.8 Å². The number of hydrogen-bond acceptors (Lipinski definition) is 2. The molecule has 1 aromatic carbocycles. The number of nitrogens with zero attached hydrogens (tertiary/aromatic N) is 1. The van der Waals surface area contributed by atoms with Crippen molar-refractivity contribution in [2.45, 2.75) is 44.1 Å². The van der Waals surface area contributed by atoms with E-state index in [0.29, 0.717) is 17.9 Å². The number of aryl methyl sites for hydroxylation is 2. The smallest absolute Gasteiger partial charge is 0.223 e. The number of H-pyrrole nitrogens is 1. The van der Waals surface area contributed by atoms with Crippen LogP contribution in [-0.2, 0) is 24.1 Å². The molecule has 0 bridgehead atoms. The highest BCUT2D eigenvalue weighted by Crippen LogP contribution is 2.54. The number of fused-ring (bicyclic) bond motifs is 4. The Hall–Kier alpha value is -2.10. The van der Waals surface area contributed by atoms with Crippen molar-refractivity contribution in [1.29, 1.82) is 0 Å². The zero-order valence-corrected chi connectivity index (χ0v) is 13.1. The molecule has 3 aliphatic rings. The molecule has 2 N–H and O–H groups in total. The minimum Gasteiger partial charge on any atom is -0.352 e. The number of rotatable bonds is 2. The molecule has 1 fully saturated rings. The van der Waals surface area contributed by atoms with Gasteiger partial charge >= 0.3 is 0 Å². The normalized spacial score (nSPS) is 30.8. The van der Waals surface area contributed by atoms with E-state index in [0.717, 1.165) is 25.7 Å². The van der Waals surface area contributed by atoms with Crippen LogP contribution >= 0.6 is 0 Å². The van der Waals surface area contributed by atoms with E-state index in [-0.39, 0.29) is 11.8 Å². The second kappa shape index (κ2) is 4.95. The lowest BCUT2D eigenvalue weighted by Gasteiger charge is -2.21. The maximum atomic E-state index is 12.7. The summed E-state index contributed by atoms with van der Waals surface area (Å²) in [5.41, 5.74) is 5.37. The van der Waals surface area contributed by atoms with Gasteiger partial charge in [-0.15, -0.1) is 0 Å². The molecule has 23 heavy (non-hydrogen) atoms. The third kappa shape index (κ3) is 2.12. The van der Waals surface area contributed by atoms with Crippen LogP contribution in [0.15, 0.2) is 30.5 Å². The first-order valence-corrected chi connectivity index (χ1v) is 8.70. The predicted molar refractivity (Wildman–Crippen MR) is 87.0 cm³/mol. The van der Waals surface area contributed by atoms with E-state index in [2.05, 4.69) is 39.8 Å². The lowest BCUT2D eigenvalue weighted by molar-refractivity contribution is -0.125. The molecule has 4 unspecified atom stereocenters. The number of carbonyl (C=O) groups excluding carboxylic acids is 1. The zero-order valence-electron chi connectivity index (χ0n) is 13.1. The second-order valence-corrected chi connectivity index (χ2v) is 7.28. The second-order valence-electron chi connectivity index (χ2n) is 7.28. The highest BCUT2D eigenvalue weighted by atomic mass is 16.2. The molecule has 1 saturated carbocycles. The van der Waals surface area contributed by atoms with Crippen LogP contribution in [0.3, 0.4) is 0 Å². The highest BCUT2D eigenvalue weighted by Gasteiger charge is 2.54. The Morgan fingerprint density at radius 3 is 3.04 bits per heavy atom. The SMILES string of the molecule is O=C(NC1C2CCc3ccccc3C21)C1CCc2[nH]ncc2C1. The first-order chi connectivity index (χ1) is 11.3. The average Bonchev–Trinajstić information content (AvgIpc) is 3.08. The van der Waals surface area contributed by atoms with Crippen LogP contribution in [0.4, 0.5) is 0 Å². The predicted octanol–water partition coefficient (Wildman–Crippen LogP) is 2.36. The number of aromatic nitrogens is 2. The fourth-order valence-electron chi connectivity index (χ4n) is 4.69. The lowest BCUT2D eigenvalue weighted by Crippen LogP contribution is -2.36. The standard InChI is InChI=1S/C19H21N3O/c23-19(12-6-8-16-13(9-12)10-20-22-16)21-18-15-7-5-11-3-1-2-4-14(11)17(15)18/h1-4,10,12,15,17-18H,5-9H2,(H,20,22)(H,21,23). The third-order valence-corrected chi connectivity index (χ3v) is 6.03. The van der Waals surface area contributed by atoms with Gasteiger partial charge in [-0.1, -0.05) is 24.3 Å². The van der Waals surface area contributed by atoms with E-state index in [9.17, 15) is 4.79 Å². The van der Waals surface area contributed by atoms with Crippen LogP contribution in [0.5, 0.6) is 0 Å². The number of carbonyl (C=O) groups is 1. The molecular formula is C19H21N3O. The van der Waals surface area contributed by atoms with E-state index in [1.807, 2.05) is 6.20 Å². The molecule has 3 aliphatic carbocycles. The Bertz CT molecular complexity index is 765. The van der Waals surface area contributed by atoms with Gasteiger partial charge in [0.25, 0.3) is 0 Å². The van der Waals surface area contributed by atoms with Gasteiger partial charge in [-0.2, -0.15) is 5.10 Å². The summed E-state index contributed by atoms with van der Waals surface area (Å²) in [6, 6.07) is 9.09. The molecule has 1 amide bonds. The van der Waals surface area contributed by atoms with Gasteiger partial charge in [0, 0.05) is 23.6 Å². The summed E-state index contributed by atoms with van der Waals surface area (Å²) in [7, 11) is 0. The molecule has 0 radical (unpaired) electrons. The van der Waals surface area contributed by atoms with Crippen molar-refractivity contribution >= 4 is 5.91 Å².